The summed E-state index contributed by atoms with van der Waals surface area (Å²) in [5.41, 5.74) is 13.4. The van der Waals surface area contributed by atoms with Crippen LogP contribution in [-0.2, 0) is 20.9 Å². The van der Waals surface area contributed by atoms with Crippen LogP contribution in [0.5, 0.6) is 0 Å². The van der Waals surface area contributed by atoms with Crippen molar-refractivity contribution in [2.75, 3.05) is 23.3 Å². The summed E-state index contributed by atoms with van der Waals surface area (Å²) in [6, 6.07) is 4.70. The molecular weight excluding hydrogens is 478 g/mol. The van der Waals surface area contributed by atoms with Gasteiger partial charge in [0.25, 0.3) is 5.91 Å². The number of carbonyl (C=O) groups is 4. The molecule has 1 aromatic carbocycles. The summed E-state index contributed by atoms with van der Waals surface area (Å²) >= 11 is 0. The van der Waals surface area contributed by atoms with Crippen molar-refractivity contribution >= 4 is 52.4 Å². The Kier molecular flexibility index (Phi) is 8.92. The van der Waals surface area contributed by atoms with Gasteiger partial charge >= 0.3 is 11.9 Å². The molecule has 16 nitrogen and oxygen atoms in total. The molecule has 11 N–H and O–H groups in total. The molecule has 3 rings (SSSR count). The van der Waals surface area contributed by atoms with Gasteiger partial charge in [-0.1, -0.05) is 0 Å². The quantitative estimate of drug-likeness (QED) is 0.161. The van der Waals surface area contributed by atoms with Crippen LogP contribution in [0.2, 0.25) is 0 Å². The molecule has 1 atom stereocenters. The SMILES string of the molecule is Nc1nc(N)c2nc(CNc3ccc(C(=O)NCC(=O)NC(CC(=O)O)C(=O)O)cc3)cnc2n1.O. The first kappa shape index (κ1) is 27.1. The molecule has 1 unspecified atom stereocenters. The van der Waals surface area contributed by atoms with E-state index < -0.39 is 42.8 Å². The first-order chi connectivity index (χ1) is 16.6. The van der Waals surface area contributed by atoms with Crippen molar-refractivity contribution in [1.82, 2.24) is 30.6 Å². The Balaban J connectivity index is 0.00000456. The van der Waals surface area contributed by atoms with Gasteiger partial charge in [0, 0.05) is 11.3 Å². The number of rotatable bonds is 10. The maximum absolute atomic E-state index is 12.2. The molecule has 2 aromatic heterocycles. The number of fused-ring (bicyclic) bond motifs is 1. The number of nitrogen functional groups attached to an aromatic ring is 2. The summed E-state index contributed by atoms with van der Waals surface area (Å²) in [5.74, 6) is -4.17. The van der Waals surface area contributed by atoms with Crippen molar-refractivity contribution in [2.24, 2.45) is 0 Å². The standard InChI is InChI=1S/C20H21N9O6.H2O/c21-16-15-17(29-20(22)28-16)24-7-11(26-15)6-23-10-3-1-9(2-4-10)18(33)25-8-13(30)27-12(19(34)35)5-14(31)32;/h1-4,7,12,23H,5-6,8H2,(H,25,33)(H,27,30)(H,31,32)(H,34,35)(H4,21,22,24,28,29);1H2. The minimum atomic E-state index is -1.60. The van der Waals surface area contributed by atoms with E-state index in [1.54, 1.807) is 12.1 Å². The van der Waals surface area contributed by atoms with Gasteiger partial charge in [0.15, 0.2) is 17.0 Å². The lowest BCUT2D eigenvalue weighted by atomic mass is 10.2. The molecule has 190 valence electrons. The average Bonchev–Trinajstić information content (AvgIpc) is 2.81. The summed E-state index contributed by atoms with van der Waals surface area (Å²) in [7, 11) is 0. The minimum absolute atomic E-state index is 0. The topological polar surface area (TPSA) is 280 Å². The maximum atomic E-state index is 12.2. The lowest BCUT2D eigenvalue weighted by Gasteiger charge is -2.13. The van der Waals surface area contributed by atoms with E-state index in [1.807, 2.05) is 5.32 Å². The van der Waals surface area contributed by atoms with Crippen LogP contribution in [0.15, 0.2) is 30.5 Å². The molecule has 2 heterocycles. The van der Waals surface area contributed by atoms with E-state index in [-0.39, 0.29) is 28.5 Å². The highest BCUT2D eigenvalue weighted by Crippen LogP contribution is 2.16. The number of anilines is 3. The second-order valence-electron chi connectivity index (χ2n) is 7.17. The summed E-state index contributed by atoms with van der Waals surface area (Å²) < 4.78 is 0. The van der Waals surface area contributed by atoms with Crippen LogP contribution in [0.1, 0.15) is 22.5 Å². The van der Waals surface area contributed by atoms with Crippen LogP contribution in [0.25, 0.3) is 11.2 Å². The molecule has 0 aliphatic carbocycles. The molecule has 0 radical (unpaired) electrons. The molecular formula is C20H23N9O7. The van der Waals surface area contributed by atoms with Crippen LogP contribution in [0.4, 0.5) is 17.5 Å². The molecule has 0 bridgehead atoms. The third-order valence-corrected chi connectivity index (χ3v) is 4.54. The first-order valence-electron chi connectivity index (χ1n) is 10.0. The number of aromatic nitrogens is 4. The van der Waals surface area contributed by atoms with Gasteiger partial charge in [0.05, 0.1) is 31.4 Å². The van der Waals surface area contributed by atoms with Gasteiger partial charge in [-0.3, -0.25) is 14.4 Å². The predicted octanol–water partition coefficient (Wildman–Crippen LogP) is -1.85. The molecule has 36 heavy (non-hydrogen) atoms. The van der Waals surface area contributed by atoms with Crippen molar-refractivity contribution < 1.29 is 34.9 Å². The van der Waals surface area contributed by atoms with Crippen LogP contribution >= 0.6 is 0 Å². The lowest BCUT2D eigenvalue weighted by Crippen LogP contribution is -2.46. The van der Waals surface area contributed by atoms with E-state index in [2.05, 4.69) is 30.6 Å². The third-order valence-electron chi connectivity index (χ3n) is 4.54. The lowest BCUT2D eigenvalue weighted by molar-refractivity contribution is -0.147. The highest BCUT2D eigenvalue weighted by Gasteiger charge is 2.23. The zero-order valence-corrected chi connectivity index (χ0v) is 18.6. The second kappa shape index (κ2) is 11.8. The smallest absolute Gasteiger partial charge is 0.326 e. The molecule has 0 spiro atoms. The number of amides is 2. The maximum Gasteiger partial charge on any atom is 0.326 e. The highest BCUT2D eigenvalue weighted by molar-refractivity contribution is 5.97. The van der Waals surface area contributed by atoms with Gasteiger partial charge in [-0.2, -0.15) is 9.97 Å². The molecule has 3 aromatic rings. The van der Waals surface area contributed by atoms with Crippen LogP contribution < -0.4 is 27.4 Å². The normalized spacial score (nSPS) is 11.1. The second-order valence-corrected chi connectivity index (χ2v) is 7.17. The van der Waals surface area contributed by atoms with Crippen molar-refractivity contribution in [3.8, 4) is 0 Å². The van der Waals surface area contributed by atoms with Crippen LogP contribution in [0, 0.1) is 0 Å². The largest absolute Gasteiger partial charge is 0.481 e. The van der Waals surface area contributed by atoms with E-state index >= 15 is 0 Å². The molecule has 0 aliphatic rings. The van der Waals surface area contributed by atoms with Crippen molar-refractivity contribution in [3.05, 3.63) is 41.7 Å². The first-order valence-corrected chi connectivity index (χ1v) is 10.0. The van der Waals surface area contributed by atoms with Gasteiger partial charge in [0.2, 0.25) is 11.9 Å². The van der Waals surface area contributed by atoms with E-state index in [0.717, 1.165) is 0 Å². The number of aliphatic carboxylic acids is 2. The molecule has 16 heteroatoms. The van der Waals surface area contributed by atoms with Gasteiger partial charge in [-0.05, 0) is 24.3 Å². The molecule has 2 amide bonds. The van der Waals surface area contributed by atoms with Crippen molar-refractivity contribution in [2.45, 2.75) is 19.0 Å². The fraction of sp³-hybridized carbons (Fsp3) is 0.200. The van der Waals surface area contributed by atoms with Gasteiger partial charge in [-0.25, -0.2) is 14.8 Å². The Morgan fingerprint density at radius 2 is 1.69 bits per heavy atom. The zero-order valence-electron chi connectivity index (χ0n) is 18.6. The van der Waals surface area contributed by atoms with Gasteiger partial charge in [-0.15, -0.1) is 0 Å². The third kappa shape index (κ3) is 7.19. The molecule has 0 saturated heterocycles. The molecule has 0 fully saturated rings. The highest BCUT2D eigenvalue weighted by atomic mass is 16.4. The van der Waals surface area contributed by atoms with Crippen molar-refractivity contribution in [3.63, 3.8) is 0 Å². The van der Waals surface area contributed by atoms with Crippen molar-refractivity contribution in [1.29, 1.82) is 0 Å². The van der Waals surface area contributed by atoms with E-state index in [0.29, 0.717) is 23.4 Å². The number of nitrogens with two attached hydrogens (primary N) is 2. The Bertz CT molecular complexity index is 1280. The summed E-state index contributed by atoms with van der Waals surface area (Å²) in [6.07, 6.45) is 0.726. The number of benzene rings is 1. The van der Waals surface area contributed by atoms with Crippen LogP contribution in [0.3, 0.4) is 0 Å². The number of nitrogens with zero attached hydrogens (tertiary/aromatic N) is 4. The number of hydrogen-bond acceptors (Lipinski definition) is 11. The van der Waals surface area contributed by atoms with E-state index in [9.17, 15) is 19.2 Å². The monoisotopic (exact) mass is 501 g/mol. The Morgan fingerprint density at radius 1 is 1.00 bits per heavy atom. The molecule has 0 saturated carbocycles. The minimum Gasteiger partial charge on any atom is -0.481 e. The summed E-state index contributed by atoms with van der Waals surface area (Å²) in [4.78, 5) is 62.1. The number of hydrogen-bond donors (Lipinski definition) is 7. The summed E-state index contributed by atoms with van der Waals surface area (Å²) in [5, 5.41) is 25.1. The fourth-order valence-corrected chi connectivity index (χ4v) is 2.88. The number of carbonyl (C=O) groups excluding carboxylic acids is 2. The zero-order chi connectivity index (χ0) is 25.5. The molecule has 0 aliphatic heterocycles. The van der Waals surface area contributed by atoms with E-state index in [1.165, 1.54) is 18.3 Å². The number of nitrogens with one attached hydrogen (secondary N) is 3. The Hall–Kier alpha value is -5.12. The summed E-state index contributed by atoms with van der Waals surface area (Å²) in [6.45, 7) is -0.235. The average molecular weight is 501 g/mol. The Morgan fingerprint density at radius 3 is 2.33 bits per heavy atom. The predicted molar refractivity (Wildman–Crippen MR) is 125 cm³/mol. The number of carboxylic acids is 2. The van der Waals surface area contributed by atoms with Gasteiger partial charge in [0.1, 0.15) is 6.04 Å². The van der Waals surface area contributed by atoms with E-state index in [4.69, 9.17) is 21.7 Å². The van der Waals surface area contributed by atoms with Gasteiger partial charge < -0.3 is 43.1 Å². The Labute approximate surface area is 202 Å². The van der Waals surface area contributed by atoms with Crippen LogP contribution in [-0.4, -0.2) is 72.0 Å². The fourth-order valence-electron chi connectivity index (χ4n) is 2.88. The number of carboxylic acid groups (broad SMARTS) is 2.